The van der Waals surface area contributed by atoms with Crippen LogP contribution >= 0.6 is 11.3 Å². The Kier molecular flexibility index (Phi) is 5.82. The van der Waals surface area contributed by atoms with Crippen molar-refractivity contribution >= 4 is 11.3 Å². The van der Waals surface area contributed by atoms with Crippen LogP contribution in [0.5, 0.6) is 0 Å². The van der Waals surface area contributed by atoms with Crippen LogP contribution in [0.4, 0.5) is 0 Å². The molecule has 1 fully saturated rings. The van der Waals surface area contributed by atoms with Crippen molar-refractivity contribution in [1.82, 2.24) is 5.32 Å². The molecule has 0 spiro atoms. The monoisotopic (exact) mass is 283 g/mol. The van der Waals surface area contributed by atoms with Gasteiger partial charge in [-0.3, -0.25) is 0 Å². The van der Waals surface area contributed by atoms with E-state index in [4.69, 9.17) is 0 Å². The molecule has 108 valence electrons. The topological polar surface area (TPSA) is 52.5 Å². The fourth-order valence-corrected chi connectivity index (χ4v) is 3.93. The molecule has 0 saturated heterocycles. The van der Waals surface area contributed by atoms with Crippen LogP contribution in [0.25, 0.3) is 0 Å². The lowest BCUT2D eigenvalue weighted by atomic mass is 9.85. The second-order valence-electron chi connectivity index (χ2n) is 5.58. The highest BCUT2D eigenvalue weighted by Gasteiger charge is 2.23. The molecule has 2 atom stereocenters. The lowest BCUT2D eigenvalue weighted by Gasteiger charge is -2.28. The summed E-state index contributed by atoms with van der Waals surface area (Å²) in [5.41, 5.74) is 1.21. The molecule has 0 radical (unpaired) electrons. The number of aryl methyl sites for hydroxylation is 1. The van der Waals surface area contributed by atoms with Gasteiger partial charge in [-0.2, -0.15) is 0 Å². The average molecular weight is 283 g/mol. The van der Waals surface area contributed by atoms with Crippen LogP contribution in [0.2, 0.25) is 0 Å². The largest absolute Gasteiger partial charge is 0.394 e. The predicted molar refractivity (Wildman–Crippen MR) is 79.5 cm³/mol. The summed E-state index contributed by atoms with van der Waals surface area (Å²) in [6.07, 6.45) is 5.80. The van der Waals surface area contributed by atoms with Crippen molar-refractivity contribution in [3.8, 4) is 0 Å². The van der Waals surface area contributed by atoms with Crippen LogP contribution < -0.4 is 5.32 Å². The Morgan fingerprint density at radius 1 is 1.37 bits per heavy atom. The van der Waals surface area contributed by atoms with Gasteiger partial charge in [0.1, 0.15) is 0 Å². The van der Waals surface area contributed by atoms with Crippen molar-refractivity contribution in [2.75, 3.05) is 13.2 Å². The van der Waals surface area contributed by atoms with Gasteiger partial charge in [-0.05, 0) is 42.7 Å². The van der Waals surface area contributed by atoms with Crippen LogP contribution in [-0.2, 0) is 0 Å². The summed E-state index contributed by atoms with van der Waals surface area (Å²) in [5.74, 6) is 0.435. The number of thiophene rings is 1. The van der Waals surface area contributed by atoms with E-state index in [2.05, 4.69) is 18.3 Å². The summed E-state index contributed by atoms with van der Waals surface area (Å²) >= 11 is 1.67. The van der Waals surface area contributed by atoms with E-state index in [0.29, 0.717) is 12.5 Å². The minimum atomic E-state index is -0.283. The van der Waals surface area contributed by atoms with Crippen molar-refractivity contribution in [2.24, 2.45) is 5.92 Å². The fourth-order valence-electron chi connectivity index (χ4n) is 2.93. The molecule has 2 rings (SSSR count). The number of nitrogens with one attached hydrogen (secondary N) is 1. The van der Waals surface area contributed by atoms with Gasteiger partial charge in [-0.1, -0.05) is 19.3 Å². The first-order valence-electron chi connectivity index (χ1n) is 7.28. The smallest absolute Gasteiger partial charge is 0.0692 e. The minimum Gasteiger partial charge on any atom is -0.394 e. The Morgan fingerprint density at radius 3 is 2.68 bits per heavy atom. The van der Waals surface area contributed by atoms with Crippen LogP contribution in [0, 0.1) is 12.8 Å². The second-order valence-corrected chi connectivity index (χ2v) is 6.52. The minimum absolute atomic E-state index is 0.0433. The number of hydrogen-bond acceptors (Lipinski definition) is 4. The highest BCUT2D eigenvalue weighted by molar-refractivity contribution is 7.10. The van der Waals surface area contributed by atoms with Crippen LogP contribution in [-0.4, -0.2) is 29.5 Å². The Balaban J connectivity index is 1.84. The third kappa shape index (κ3) is 4.02. The summed E-state index contributed by atoms with van der Waals surface area (Å²) in [6.45, 7) is 2.72. The zero-order chi connectivity index (χ0) is 13.7. The average Bonchev–Trinajstić information content (AvgIpc) is 2.87. The number of rotatable bonds is 6. The molecule has 0 aliphatic heterocycles. The van der Waals surface area contributed by atoms with E-state index in [0.717, 1.165) is 12.8 Å². The second kappa shape index (κ2) is 7.39. The first-order valence-corrected chi connectivity index (χ1v) is 8.16. The van der Waals surface area contributed by atoms with Crippen molar-refractivity contribution < 1.29 is 10.2 Å². The van der Waals surface area contributed by atoms with Gasteiger partial charge in [0.15, 0.2) is 0 Å². The third-order valence-electron chi connectivity index (χ3n) is 4.17. The van der Waals surface area contributed by atoms with E-state index in [9.17, 15) is 10.2 Å². The molecule has 3 N–H and O–H groups in total. The maximum absolute atomic E-state index is 10.2. The summed E-state index contributed by atoms with van der Waals surface area (Å²) in [7, 11) is 0. The van der Waals surface area contributed by atoms with E-state index >= 15 is 0 Å². The van der Waals surface area contributed by atoms with Gasteiger partial charge < -0.3 is 15.5 Å². The van der Waals surface area contributed by atoms with Gasteiger partial charge in [-0.25, -0.2) is 0 Å². The zero-order valence-corrected chi connectivity index (χ0v) is 12.5. The van der Waals surface area contributed by atoms with E-state index in [1.54, 1.807) is 11.3 Å². The highest BCUT2D eigenvalue weighted by atomic mass is 32.1. The van der Waals surface area contributed by atoms with Crippen molar-refractivity contribution in [3.05, 3.63) is 21.9 Å². The molecule has 0 aromatic carbocycles. The summed E-state index contributed by atoms with van der Waals surface area (Å²) in [6, 6.07) is 2.03. The van der Waals surface area contributed by atoms with Gasteiger partial charge in [0, 0.05) is 11.4 Å². The van der Waals surface area contributed by atoms with Gasteiger partial charge in [0.25, 0.3) is 0 Å². The Labute approximate surface area is 119 Å². The Hall–Kier alpha value is -0.420. The van der Waals surface area contributed by atoms with Gasteiger partial charge in [0.05, 0.1) is 18.8 Å². The molecule has 1 aliphatic carbocycles. The van der Waals surface area contributed by atoms with E-state index in [-0.39, 0.29) is 18.8 Å². The number of aliphatic hydroxyl groups excluding tert-OH is 2. The maximum atomic E-state index is 10.2. The third-order valence-corrected chi connectivity index (χ3v) is 5.30. The molecule has 3 nitrogen and oxygen atoms in total. The van der Waals surface area contributed by atoms with E-state index in [1.165, 1.54) is 29.7 Å². The lowest BCUT2D eigenvalue weighted by Crippen LogP contribution is -2.36. The number of aliphatic hydroxyl groups is 2. The Bertz CT molecular complexity index is 374. The van der Waals surface area contributed by atoms with Crippen molar-refractivity contribution in [1.29, 1.82) is 0 Å². The lowest BCUT2D eigenvalue weighted by molar-refractivity contribution is 0.0785. The molecule has 1 heterocycles. The van der Waals surface area contributed by atoms with Crippen LogP contribution in [0.3, 0.4) is 0 Å². The van der Waals surface area contributed by atoms with Gasteiger partial charge in [-0.15, -0.1) is 11.3 Å². The fraction of sp³-hybridized carbons (Fsp3) is 0.733. The normalized spacial score (nSPS) is 20.4. The van der Waals surface area contributed by atoms with Crippen molar-refractivity contribution in [3.63, 3.8) is 0 Å². The standard InChI is InChI=1S/C15H25NO2S/c1-11-7-8-19-15(11)13(10-17)16-9-14(18)12-5-3-2-4-6-12/h7-8,12-14,16-18H,2-6,9-10H2,1H3. The number of hydrogen-bond donors (Lipinski definition) is 3. The molecule has 1 aromatic heterocycles. The molecular formula is C15H25NO2S. The Morgan fingerprint density at radius 2 is 2.11 bits per heavy atom. The zero-order valence-electron chi connectivity index (χ0n) is 11.6. The predicted octanol–water partition coefficient (Wildman–Crippen LogP) is 2.62. The molecule has 1 saturated carbocycles. The quantitative estimate of drug-likeness (QED) is 0.752. The first kappa shape index (κ1) is 15.0. The van der Waals surface area contributed by atoms with Gasteiger partial charge >= 0.3 is 0 Å². The molecule has 0 bridgehead atoms. The molecule has 1 aliphatic rings. The molecule has 4 heteroatoms. The van der Waals surface area contributed by atoms with Crippen LogP contribution in [0.1, 0.15) is 48.6 Å². The molecule has 1 aromatic rings. The SMILES string of the molecule is Cc1ccsc1C(CO)NCC(O)C1CCCCC1. The summed E-state index contributed by atoms with van der Waals surface area (Å²) in [5, 5.41) is 25.1. The van der Waals surface area contributed by atoms with Gasteiger partial charge in [0.2, 0.25) is 0 Å². The first-order chi connectivity index (χ1) is 9.22. The molecule has 0 amide bonds. The molecule has 2 unspecified atom stereocenters. The summed E-state index contributed by atoms with van der Waals surface area (Å²) < 4.78 is 0. The van der Waals surface area contributed by atoms with E-state index in [1.807, 2.05) is 5.38 Å². The van der Waals surface area contributed by atoms with Crippen LogP contribution in [0.15, 0.2) is 11.4 Å². The van der Waals surface area contributed by atoms with Crippen molar-refractivity contribution in [2.45, 2.75) is 51.2 Å². The molecular weight excluding hydrogens is 258 g/mol. The maximum Gasteiger partial charge on any atom is 0.0692 e. The van der Waals surface area contributed by atoms with E-state index < -0.39 is 0 Å². The summed E-state index contributed by atoms with van der Waals surface area (Å²) in [4.78, 5) is 1.18. The molecule has 19 heavy (non-hydrogen) atoms. The highest BCUT2D eigenvalue weighted by Crippen LogP contribution is 2.27.